The molecule has 3 rings (SSSR count). The van der Waals surface area contributed by atoms with Crippen molar-refractivity contribution in [3.05, 3.63) is 30.0 Å². The van der Waals surface area contributed by atoms with E-state index in [0.717, 1.165) is 47.3 Å². The van der Waals surface area contributed by atoms with Crippen LogP contribution in [0.2, 0.25) is 0 Å². The fourth-order valence-corrected chi connectivity index (χ4v) is 4.04. The van der Waals surface area contributed by atoms with E-state index in [1.807, 2.05) is 31.2 Å². The number of amides is 1. The van der Waals surface area contributed by atoms with Crippen LogP contribution in [-0.2, 0) is 4.74 Å². The summed E-state index contributed by atoms with van der Waals surface area (Å²) in [5, 5.41) is 7.97. The van der Waals surface area contributed by atoms with Crippen molar-refractivity contribution < 1.29 is 14.3 Å². The van der Waals surface area contributed by atoms with Gasteiger partial charge in [-0.05, 0) is 37.5 Å². The molecule has 1 unspecified atom stereocenters. The van der Waals surface area contributed by atoms with Gasteiger partial charge in [0.15, 0.2) is 0 Å². The number of carbonyl (C=O) groups is 1. The summed E-state index contributed by atoms with van der Waals surface area (Å²) < 4.78 is 13.4. The number of nitrogens with one attached hydrogen (secondary N) is 1. The Bertz CT molecular complexity index is 966. The monoisotopic (exact) mass is 416 g/mol. The number of thiazole rings is 1. The zero-order valence-electron chi connectivity index (χ0n) is 17.4. The standard InChI is InChI=1S/C21H28N4O3S/c1-5-7-8-15(6-2)13-28-21(26)23-19-11-14(3)24-25(19)20-22-17-10-9-16(27-4)12-18(17)29-20/h9-12,15H,5-8,13H2,1-4H3,(H,23,26). The highest BCUT2D eigenvalue weighted by Gasteiger charge is 2.16. The number of hydrogen-bond acceptors (Lipinski definition) is 6. The van der Waals surface area contributed by atoms with Crippen molar-refractivity contribution in [2.24, 2.45) is 5.92 Å². The highest BCUT2D eigenvalue weighted by atomic mass is 32.1. The Kier molecular flexibility index (Phi) is 7.09. The first-order valence-electron chi connectivity index (χ1n) is 9.99. The summed E-state index contributed by atoms with van der Waals surface area (Å²) in [6.07, 6.45) is 3.91. The number of nitrogens with zero attached hydrogens (tertiary/aromatic N) is 3. The van der Waals surface area contributed by atoms with Crippen molar-refractivity contribution >= 4 is 33.5 Å². The number of unbranched alkanes of at least 4 members (excludes halogenated alkanes) is 1. The molecule has 2 heterocycles. The Morgan fingerprint density at radius 3 is 2.86 bits per heavy atom. The number of ether oxygens (including phenoxy) is 2. The van der Waals surface area contributed by atoms with Gasteiger partial charge in [-0.1, -0.05) is 44.4 Å². The third-order valence-corrected chi connectivity index (χ3v) is 5.81. The van der Waals surface area contributed by atoms with Crippen molar-refractivity contribution in [3.63, 3.8) is 0 Å². The fraction of sp³-hybridized carbons (Fsp3) is 0.476. The van der Waals surface area contributed by atoms with Crippen molar-refractivity contribution in [2.45, 2.75) is 46.5 Å². The topological polar surface area (TPSA) is 78.3 Å². The van der Waals surface area contributed by atoms with Crippen molar-refractivity contribution in [2.75, 3.05) is 19.0 Å². The lowest BCUT2D eigenvalue weighted by Crippen LogP contribution is -2.20. The second-order valence-electron chi connectivity index (χ2n) is 7.05. The average Bonchev–Trinajstić information content (AvgIpc) is 3.30. The van der Waals surface area contributed by atoms with Gasteiger partial charge < -0.3 is 9.47 Å². The van der Waals surface area contributed by atoms with Gasteiger partial charge in [0.25, 0.3) is 0 Å². The SMILES string of the molecule is CCCCC(CC)COC(=O)Nc1cc(C)nn1-c1nc2ccc(OC)cc2s1. The van der Waals surface area contributed by atoms with Crippen LogP contribution in [0.5, 0.6) is 5.75 Å². The predicted octanol–water partition coefficient (Wildman–Crippen LogP) is 5.56. The summed E-state index contributed by atoms with van der Waals surface area (Å²) in [6, 6.07) is 7.53. The smallest absolute Gasteiger partial charge is 0.412 e. The molecule has 0 fully saturated rings. The molecule has 156 valence electrons. The molecule has 1 N–H and O–H groups in total. The zero-order valence-corrected chi connectivity index (χ0v) is 18.2. The zero-order chi connectivity index (χ0) is 20.8. The number of benzene rings is 1. The number of methoxy groups -OCH3 is 1. The molecule has 7 nitrogen and oxygen atoms in total. The molecule has 0 saturated heterocycles. The average molecular weight is 417 g/mol. The van der Waals surface area contributed by atoms with Crippen LogP contribution in [-0.4, -0.2) is 34.6 Å². The maximum Gasteiger partial charge on any atom is 0.412 e. The van der Waals surface area contributed by atoms with Gasteiger partial charge in [0, 0.05) is 6.07 Å². The molecule has 1 aromatic carbocycles. The van der Waals surface area contributed by atoms with Gasteiger partial charge in [-0.15, -0.1) is 0 Å². The molecule has 0 radical (unpaired) electrons. The van der Waals surface area contributed by atoms with E-state index < -0.39 is 6.09 Å². The minimum Gasteiger partial charge on any atom is -0.497 e. The molecular weight excluding hydrogens is 388 g/mol. The molecule has 29 heavy (non-hydrogen) atoms. The molecule has 3 aromatic rings. The number of carbonyl (C=O) groups excluding carboxylic acids is 1. The van der Waals surface area contributed by atoms with E-state index in [1.165, 1.54) is 11.3 Å². The Morgan fingerprint density at radius 2 is 2.14 bits per heavy atom. The summed E-state index contributed by atoms with van der Waals surface area (Å²) in [7, 11) is 1.64. The number of aryl methyl sites for hydroxylation is 1. The van der Waals surface area contributed by atoms with E-state index in [4.69, 9.17) is 9.47 Å². The highest BCUT2D eigenvalue weighted by molar-refractivity contribution is 7.20. The van der Waals surface area contributed by atoms with Gasteiger partial charge in [0.05, 0.1) is 29.6 Å². The molecule has 1 amide bonds. The lowest BCUT2D eigenvalue weighted by atomic mass is 10.0. The summed E-state index contributed by atoms with van der Waals surface area (Å²) in [5.74, 6) is 1.71. The molecule has 0 aliphatic heterocycles. The predicted molar refractivity (Wildman–Crippen MR) is 116 cm³/mol. The van der Waals surface area contributed by atoms with Gasteiger partial charge >= 0.3 is 6.09 Å². The summed E-state index contributed by atoms with van der Waals surface area (Å²) >= 11 is 1.48. The van der Waals surface area contributed by atoms with Gasteiger partial charge in [-0.2, -0.15) is 9.78 Å². The Hall–Kier alpha value is -2.61. The van der Waals surface area contributed by atoms with E-state index in [9.17, 15) is 4.79 Å². The van der Waals surface area contributed by atoms with Crippen LogP contribution >= 0.6 is 11.3 Å². The van der Waals surface area contributed by atoms with E-state index in [1.54, 1.807) is 11.8 Å². The second kappa shape index (κ2) is 9.73. The third kappa shape index (κ3) is 5.26. The van der Waals surface area contributed by atoms with Crippen LogP contribution in [0, 0.1) is 12.8 Å². The quantitative estimate of drug-likeness (QED) is 0.494. The number of fused-ring (bicyclic) bond motifs is 1. The van der Waals surface area contributed by atoms with Gasteiger partial charge in [0.2, 0.25) is 5.13 Å². The minimum atomic E-state index is -0.469. The maximum absolute atomic E-state index is 12.3. The molecular formula is C21H28N4O3S. The molecule has 2 aromatic heterocycles. The van der Waals surface area contributed by atoms with E-state index in [2.05, 4.69) is 29.2 Å². The van der Waals surface area contributed by atoms with Gasteiger partial charge in [-0.3, -0.25) is 5.32 Å². The Morgan fingerprint density at radius 1 is 1.31 bits per heavy atom. The van der Waals surface area contributed by atoms with Crippen molar-refractivity contribution in [3.8, 4) is 10.9 Å². The fourth-order valence-electron chi connectivity index (χ4n) is 3.08. The molecule has 0 spiro atoms. The van der Waals surface area contributed by atoms with E-state index >= 15 is 0 Å². The van der Waals surface area contributed by atoms with Crippen LogP contribution in [0.25, 0.3) is 15.3 Å². The number of aromatic nitrogens is 3. The van der Waals surface area contributed by atoms with E-state index in [-0.39, 0.29) is 0 Å². The van der Waals surface area contributed by atoms with Crippen LogP contribution < -0.4 is 10.1 Å². The van der Waals surface area contributed by atoms with E-state index in [0.29, 0.717) is 23.5 Å². The molecule has 0 aliphatic rings. The molecule has 1 atom stereocenters. The normalized spacial score (nSPS) is 12.1. The maximum atomic E-state index is 12.3. The van der Waals surface area contributed by atoms with Crippen LogP contribution in [0.3, 0.4) is 0 Å². The minimum absolute atomic E-state index is 0.395. The lowest BCUT2D eigenvalue weighted by molar-refractivity contribution is 0.136. The van der Waals surface area contributed by atoms with Gasteiger partial charge in [-0.25, -0.2) is 9.78 Å². The first kappa shape index (κ1) is 21.1. The highest BCUT2D eigenvalue weighted by Crippen LogP contribution is 2.30. The molecule has 0 aliphatic carbocycles. The lowest BCUT2D eigenvalue weighted by Gasteiger charge is -2.15. The second-order valence-corrected chi connectivity index (χ2v) is 8.06. The first-order chi connectivity index (χ1) is 14.0. The molecule has 8 heteroatoms. The number of hydrogen-bond donors (Lipinski definition) is 1. The largest absolute Gasteiger partial charge is 0.497 e. The summed E-state index contributed by atoms with van der Waals surface area (Å²) in [4.78, 5) is 17.0. The first-order valence-corrected chi connectivity index (χ1v) is 10.8. The summed E-state index contributed by atoms with van der Waals surface area (Å²) in [6.45, 7) is 6.60. The van der Waals surface area contributed by atoms with Crippen molar-refractivity contribution in [1.29, 1.82) is 0 Å². The number of anilines is 1. The summed E-state index contributed by atoms with van der Waals surface area (Å²) in [5.41, 5.74) is 1.64. The Balaban J connectivity index is 1.73. The Labute approximate surface area is 175 Å². The van der Waals surface area contributed by atoms with Gasteiger partial charge in [0.1, 0.15) is 11.6 Å². The van der Waals surface area contributed by atoms with Crippen molar-refractivity contribution in [1.82, 2.24) is 14.8 Å². The van der Waals surface area contributed by atoms with Crippen LogP contribution in [0.15, 0.2) is 24.3 Å². The number of rotatable bonds is 9. The molecule has 0 saturated carbocycles. The van der Waals surface area contributed by atoms with Crippen LogP contribution in [0.1, 0.15) is 45.2 Å². The third-order valence-electron chi connectivity index (χ3n) is 4.82. The van der Waals surface area contributed by atoms with Crippen LogP contribution in [0.4, 0.5) is 10.6 Å². The molecule has 0 bridgehead atoms.